The Labute approximate surface area is 209 Å². The van der Waals surface area contributed by atoms with Crippen molar-refractivity contribution in [2.24, 2.45) is 0 Å². The Bertz CT molecular complexity index is 1460. The Morgan fingerprint density at radius 1 is 1.11 bits per heavy atom. The van der Waals surface area contributed by atoms with Crippen molar-refractivity contribution in [3.05, 3.63) is 100 Å². The number of ether oxygens (including phenoxy) is 1. The maximum absolute atomic E-state index is 13.2. The van der Waals surface area contributed by atoms with Gasteiger partial charge in [-0.1, -0.05) is 12.1 Å². The van der Waals surface area contributed by atoms with Crippen LogP contribution < -0.4 is 9.64 Å². The van der Waals surface area contributed by atoms with Gasteiger partial charge in [0.15, 0.2) is 0 Å². The zero-order chi connectivity index (χ0) is 25.2. The number of para-hydroxylation sites is 2. The molecular weight excluding hydrogens is 482 g/mol. The van der Waals surface area contributed by atoms with Crippen LogP contribution in [0.15, 0.2) is 79.3 Å². The molecule has 10 nitrogen and oxygen atoms in total. The minimum absolute atomic E-state index is 0.0614. The van der Waals surface area contributed by atoms with Crippen LogP contribution >= 0.6 is 11.8 Å². The van der Waals surface area contributed by atoms with Crippen molar-refractivity contribution in [3.8, 4) is 17.0 Å². The average molecular weight is 502 g/mol. The van der Waals surface area contributed by atoms with Crippen LogP contribution in [0.2, 0.25) is 0 Å². The molecule has 1 atom stereocenters. The van der Waals surface area contributed by atoms with E-state index in [9.17, 15) is 19.7 Å². The topological polar surface area (TPSA) is 120 Å². The molecule has 0 radical (unpaired) electrons. The summed E-state index contributed by atoms with van der Waals surface area (Å²) in [6.07, 6.45) is 4.64. The lowest BCUT2D eigenvalue weighted by Crippen LogP contribution is -2.28. The standard InChI is InChI=1S/C25H19N5O5S/c1-35-21-5-3-2-4-20(21)29-22(31)15-36-25(29)19-14-28(24(32)17-10-12-26-13-11-17)27-23(19)16-6-8-18(9-7-16)30(33)34/h2-14,25H,15H2,1H3. The van der Waals surface area contributed by atoms with Crippen LogP contribution in [0.5, 0.6) is 5.75 Å². The fraction of sp³-hybridized carbons (Fsp3) is 0.120. The van der Waals surface area contributed by atoms with Crippen molar-refractivity contribution in [3.63, 3.8) is 0 Å². The molecule has 0 N–H and O–H groups in total. The molecule has 4 aromatic rings. The molecule has 0 saturated carbocycles. The fourth-order valence-electron chi connectivity index (χ4n) is 4.01. The number of hydrogen-bond donors (Lipinski definition) is 0. The first-order chi connectivity index (χ1) is 17.5. The second-order valence-corrected chi connectivity index (χ2v) is 8.89. The number of thioether (sulfide) groups is 1. The molecule has 1 fully saturated rings. The van der Waals surface area contributed by atoms with Gasteiger partial charge in [0.2, 0.25) is 5.91 Å². The maximum atomic E-state index is 13.2. The van der Waals surface area contributed by atoms with E-state index in [0.29, 0.717) is 33.8 Å². The van der Waals surface area contributed by atoms with Gasteiger partial charge in [-0.25, -0.2) is 4.68 Å². The molecule has 1 aliphatic heterocycles. The second-order valence-electron chi connectivity index (χ2n) is 7.82. The number of hydrogen-bond acceptors (Lipinski definition) is 8. The number of anilines is 1. The Kier molecular flexibility index (Phi) is 6.21. The minimum atomic E-state index is -0.502. The first-order valence-electron chi connectivity index (χ1n) is 10.8. The van der Waals surface area contributed by atoms with Crippen molar-refractivity contribution < 1.29 is 19.2 Å². The quantitative estimate of drug-likeness (QED) is 0.283. The van der Waals surface area contributed by atoms with E-state index < -0.39 is 10.3 Å². The van der Waals surface area contributed by atoms with Gasteiger partial charge in [-0.15, -0.1) is 11.8 Å². The van der Waals surface area contributed by atoms with E-state index in [1.54, 1.807) is 47.5 Å². The molecule has 1 saturated heterocycles. The first-order valence-corrected chi connectivity index (χ1v) is 11.9. The number of carbonyl (C=O) groups excluding carboxylic acids is 2. The molecular formula is C25H19N5O5S. The number of non-ortho nitro benzene ring substituents is 1. The number of benzene rings is 2. The van der Waals surface area contributed by atoms with Gasteiger partial charge in [0.05, 0.1) is 29.2 Å². The summed E-state index contributed by atoms with van der Waals surface area (Å²) in [4.78, 5) is 42.5. The molecule has 1 unspecified atom stereocenters. The molecule has 11 heteroatoms. The number of nitrogens with zero attached hydrogens (tertiary/aromatic N) is 5. The molecule has 180 valence electrons. The van der Waals surface area contributed by atoms with E-state index in [1.807, 2.05) is 12.1 Å². The highest BCUT2D eigenvalue weighted by Crippen LogP contribution is 2.47. The van der Waals surface area contributed by atoms with E-state index in [4.69, 9.17) is 4.74 Å². The Morgan fingerprint density at radius 2 is 1.83 bits per heavy atom. The van der Waals surface area contributed by atoms with Gasteiger partial charge < -0.3 is 4.74 Å². The smallest absolute Gasteiger partial charge is 0.278 e. The summed E-state index contributed by atoms with van der Waals surface area (Å²) in [6, 6.07) is 16.3. The predicted octanol–water partition coefficient (Wildman–Crippen LogP) is 4.33. The van der Waals surface area contributed by atoms with E-state index in [1.165, 1.54) is 48.1 Å². The van der Waals surface area contributed by atoms with E-state index in [-0.39, 0.29) is 23.3 Å². The molecule has 36 heavy (non-hydrogen) atoms. The lowest BCUT2D eigenvalue weighted by Gasteiger charge is -2.25. The number of methoxy groups -OCH3 is 1. The number of aromatic nitrogens is 3. The highest BCUT2D eigenvalue weighted by atomic mass is 32.2. The molecule has 3 heterocycles. The van der Waals surface area contributed by atoms with Crippen molar-refractivity contribution >= 4 is 35.0 Å². The van der Waals surface area contributed by atoms with Gasteiger partial charge in [-0.3, -0.25) is 29.6 Å². The SMILES string of the molecule is COc1ccccc1N1C(=O)CSC1c1cn(C(=O)c2ccncc2)nc1-c1ccc([N+](=O)[O-])cc1. The predicted molar refractivity (Wildman–Crippen MR) is 134 cm³/mol. The summed E-state index contributed by atoms with van der Waals surface area (Å²) in [6.45, 7) is 0. The number of rotatable bonds is 6. The monoisotopic (exact) mass is 501 g/mol. The molecule has 1 amide bonds. The van der Waals surface area contributed by atoms with Gasteiger partial charge >= 0.3 is 0 Å². The van der Waals surface area contributed by atoms with Crippen LogP contribution in [0.25, 0.3) is 11.3 Å². The molecule has 0 spiro atoms. The number of pyridine rings is 1. The summed E-state index contributed by atoms with van der Waals surface area (Å²) in [7, 11) is 1.54. The summed E-state index contributed by atoms with van der Waals surface area (Å²) < 4.78 is 6.72. The van der Waals surface area contributed by atoms with Crippen molar-refractivity contribution in [1.29, 1.82) is 0 Å². The van der Waals surface area contributed by atoms with Crippen LogP contribution in [-0.2, 0) is 4.79 Å². The Balaban J connectivity index is 1.64. The molecule has 2 aromatic carbocycles. The van der Waals surface area contributed by atoms with Crippen LogP contribution in [0.1, 0.15) is 21.3 Å². The maximum Gasteiger partial charge on any atom is 0.278 e. The zero-order valence-electron chi connectivity index (χ0n) is 19.0. The highest BCUT2D eigenvalue weighted by Gasteiger charge is 2.38. The molecule has 0 aliphatic carbocycles. The first kappa shape index (κ1) is 23.2. The molecule has 2 aromatic heterocycles. The minimum Gasteiger partial charge on any atom is -0.495 e. The summed E-state index contributed by atoms with van der Waals surface area (Å²) >= 11 is 1.40. The van der Waals surface area contributed by atoms with Crippen LogP contribution in [-0.4, -0.2) is 44.4 Å². The summed E-state index contributed by atoms with van der Waals surface area (Å²) in [5.41, 5.74) is 2.58. The van der Waals surface area contributed by atoms with Gasteiger partial charge in [-0.2, -0.15) is 5.10 Å². The van der Waals surface area contributed by atoms with Gasteiger partial charge in [-0.05, 0) is 36.4 Å². The number of nitro groups is 1. The number of nitro benzene ring substituents is 1. The highest BCUT2D eigenvalue weighted by molar-refractivity contribution is 8.00. The fourth-order valence-corrected chi connectivity index (χ4v) is 5.18. The average Bonchev–Trinajstić information content (AvgIpc) is 3.52. The van der Waals surface area contributed by atoms with E-state index >= 15 is 0 Å². The van der Waals surface area contributed by atoms with E-state index in [0.717, 1.165) is 0 Å². The number of carbonyl (C=O) groups is 2. The lowest BCUT2D eigenvalue weighted by molar-refractivity contribution is -0.384. The van der Waals surface area contributed by atoms with Crippen molar-refractivity contribution in [2.75, 3.05) is 17.8 Å². The van der Waals surface area contributed by atoms with Crippen molar-refractivity contribution in [2.45, 2.75) is 5.37 Å². The largest absolute Gasteiger partial charge is 0.495 e. The Hall–Kier alpha value is -4.51. The van der Waals surface area contributed by atoms with E-state index in [2.05, 4.69) is 10.1 Å². The lowest BCUT2D eigenvalue weighted by atomic mass is 10.1. The summed E-state index contributed by atoms with van der Waals surface area (Å²) in [5, 5.41) is 15.2. The normalized spacial score (nSPS) is 15.2. The van der Waals surface area contributed by atoms with Gasteiger partial charge in [0.25, 0.3) is 11.6 Å². The zero-order valence-corrected chi connectivity index (χ0v) is 19.8. The Morgan fingerprint density at radius 3 is 2.53 bits per heavy atom. The second kappa shape index (κ2) is 9.62. The molecule has 0 bridgehead atoms. The number of amides is 1. The third-order valence-corrected chi connectivity index (χ3v) is 6.90. The van der Waals surface area contributed by atoms with Crippen LogP contribution in [0, 0.1) is 10.1 Å². The van der Waals surface area contributed by atoms with Crippen LogP contribution in [0.3, 0.4) is 0 Å². The van der Waals surface area contributed by atoms with Gasteiger partial charge in [0.1, 0.15) is 11.1 Å². The third kappa shape index (κ3) is 4.20. The molecule has 5 rings (SSSR count). The van der Waals surface area contributed by atoms with Crippen LogP contribution in [0.4, 0.5) is 11.4 Å². The molecule has 1 aliphatic rings. The third-order valence-electron chi connectivity index (χ3n) is 5.71. The summed E-state index contributed by atoms with van der Waals surface area (Å²) in [5.74, 6) is 0.282. The van der Waals surface area contributed by atoms with Crippen molar-refractivity contribution in [1.82, 2.24) is 14.8 Å². The van der Waals surface area contributed by atoms with Gasteiger partial charge in [0, 0.05) is 47.4 Å².